The average Bonchev–Trinajstić information content (AvgIpc) is 3.19. The van der Waals surface area contributed by atoms with Gasteiger partial charge in [0.2, 0.25) is 0 Å². The predicted molar refractivity (Wildman–Crippen MR) is 113 cm³/mol. The largest absolute Gasteiger partial charge is 0.349 e. The number of rotatable bonds is 3. The number of aromatic nitrogens is 5. The van der Waals surface area contributed by atoms with E-state index >= 15 is 0 Å². The van der Waals surface area contributed by atoms with Gasteiger partial charge in [0.1, 0.15) is 5.82 Å². The number of nitrogens with zero attached hydrogens (tertiary/aromatic N) is 6. The summed E-state index contributed by atoms with van der Waals surface area (Å²) in [5.74, 6) is 1.71. The van der Waals surface area contributed by atoms with Crippen molar-refractivity contribution in [3.05, 3.63) is 40.7 Å². The molecule has 6 nitrogen and oxygen atoms in total. The van der Waals surface area contributed by atoms with Gasteiger partial charge in [-0.05, 0) is 38.3 Å². The van der Waals surface area contributed by atoms with E-state index in [4.69, 9.17) is 21.6 Å². The summed E-state index contributed by atoms with van der Waals surface area (Å²) in [4.78, 5) is 12.2. The Morgan fingerprint density at radius 1 is 1.07 bits per heavy atom. The lowest BCUT2D eigenvalue weighted by Gasteiger charge is -2.29. The zero-order chi connectivity index (χ0) is 20.1. The molecular weight excluding hydrogens is 372 g/mol. The van der Waals surface area contributed by atoms with Crippen molar-refractivity contribution in [1.82, 2.24) is 25.0 Å². The first-order chi connectivity index (χ1) is 13.3. The van der Waals surface area contributed by atoms with Gasteiger partial charge in [-0.2, -0.15) is 0 Å². The second kappa shape index (κ2) is 6.99. The Morgan fingerprint density at radius 2 is 1.75 bits per heavy atom. The second-order valence-electron chi connectivity index (χ2n) is 8.81. The van der Waals surface area contributed by atoms with Crippen LogP contribution in [0.3, 0.4) is 0 Å². The van der Waals surface area contributed by atoms with E-state index in [1.54, 1.807) is 0 Å². The average molecular weight is 399 g/mol. The second-order valence-corrected chi connectivity index (χ2v) is 9.22. The van der Waals surface area contributed by atoms with Crippen molar-refractivity contribution < 1.29 is 0 Å². The molecule has 2 aromatic heterocycles. The van der Waals surface area contributed by atoms with Crippen LogP contribution < -0.4 is 4.90 Å². The molecule has 0 saturated carbocycles. The van der Waals surface area contributed by atoms with Crippen molar-refractivity contribution in [2.24, 2.45) is 0 Å². The van der Waals surface area contributed by atoms with Crippen LogP contribution in [0, 0.1) is 0 Å². The number of halogens is 1. The highest BCUT2D eigenvalue weighted by molar-refractivity contribution is 6.31. The molecule has 1 unspecified atom stereocenters. The summed E-state index contributed by atoms with van der Waals surface area (Å²) in [5, 5.41) is 9.62. The lowest BCUT2D eigenvalue weighted by Crippen LogP contribution is -2.34. The summed E-state index contributed by atoms with van der Waals surface area (Å²) < 4.78 is 1.84. The maximum Gasteiger partial charge on any atom is 0.184 e. The van der Waals surface area contributed by atoms with E-state index < -0.39 is 0 Å². The molecule has 1 aliphatic heterocycles. The number of fused-ring (bicyclic) bond motifs is 1. The third kappa shape index (κ3) is 3.34. The molecule has 7 heteroatoms. The zero-order valence-electron chi connectivity index (χ0n) is 17.1. The van der Waals surface area contributed by atoms with E-state index in [2.05, 4.69) is 49.8 Å². The predicted octanol–water partition coefficient (Wildman–Crippen LogP) is 4.60. The summed E-state index contributed by atoms with van der Waals surface area (Å²) in [5.41, 5.74) is 2.35. The zero-order valence-corrected chi connectivity index (χ0v) is 17.9. The Morgan fingerprint density at radius 3 is 2.39 bits per heavy atom. The minimum atomic E-state index is -0.172. The summed E-state index contributed by atoms with van der Waals surface area (Å²) in [7, 11) is 0. The minimum Gasteiger partial charge on any atom is -0.349 e. The molecule has 3 heterocycles. The molecule has 0 aliphatic carbocycles. The Labute approximate surface area is 170 Å². The molecule has 148 valence electrons. The first-order valence-electron chi connectivity index (χ1n) is 9.89. The maximum atomic E-state index is 6.37. The van der Waals surface area contributed by atoms with Crippen molar-refractivity contribution in [3.63, 3.8) is 0 Å². The van der Waals surface area contributed by atoms with Crippen molar-refractivity contribution in [2.45, 2.75) is 71.5 Å². The first-order valence-corrected chi connectivity index (χ1v) is 10.3. The summed E-state index contributed by atoms with van der Waals surface area (Å²) in [6.45, 7) is 11.4. The van der Waals surface area contributed by atoms with Crippen LogP contribution in [0.15, 0.2) is 24.3 Å². The van der Waals surface area contributed by atoms with Gasteiger partial charge >= 0.3 is 0 Å². The van der Waals surface area contributed by atoms with Gasteiger partial charge in [-0.1, -0.05) is 55.8 Å². The maximum absolute atomic E-state index is 6.37. The number of hydrogen-bond acceptors (Lipinski definition) is 5. The monoisotopic (exact) mass is 398 g/mol. The molecule has 0 radical (unpaired) electrons. The van der Waals surface area contributed by atoms with Gasteiger partial charge in [0.15, 0.2) is 17.0 Å². The van der Waals surface area contributed by atoms with Gasteiger partial charge in [-0.25, -0.2) is 14.6 Å². The normalized spacial score (nSPS) is 20.3. The molecule has 1 saturated heterocycles. The summed E-state index contributed by atoms with van der Waals surface area (Å²) in [6.07, 6.45) is 2.32. The van der Waals surface area contributed by atoms with Crippen LogP contribution in [0.1, 0.15) is 58.8 Å². The van der Waals surface area contributed by atoms with Crippen LogP contribution in [0.2, 0.25) is 5.02 Å². The molecule has 0 amide bonds. The molecule has 0 bridgehead atoms. The number of anilines is 1. The topological polar surface area (TPSA) is 59.7 Å². The van der Waals surface area contributed by atoms with E-state index in [0.717, 1.165) is 46.2 Å². The van der Waals surface area contributed by atoms with E-state index in [-0.39, 0.29) is 5.41 Å². The van der Waals surface area contributed by atoms with Gasteiger partial charge in [0.25, 0.3) is 0 Å². The van der Waals surface area contributed by atoms with Gasteiger partial charge in [0.05, 0.1) is 6.54 Å². The third-order valence-corrected chi connectivity index (χ3v) is 5.86. The van der Waals surface area contributed by atoms with E-state index in [9.17, 15) is 0 Å². The molecule has 4 rings (SSSR count). The molecule has 1 aliphatic rings. The SMILES string of the molecule is CC1CC[C@@H](C)N1c1nc(C(C)(C)C)nc2c1nnn2Cc1ccccc1Cl. The standard InChI is InChI=1S/C21H27ClN6/c1-13-10-11-14(2)28(13)19-17-18(23-20(24-19)21(3,4)5)27(26-25-17)12-15-8-6-7-9-16(15)22/h6-9,13-14H,10-12H2,1-5H3/t13-,14?/m1/s1. The summed E-state index contributed by atoms with van der Waals surface area (Å²) in [6, 6.07) is 8.66. The molecule has 28 heavy (non-hydrogen) atoms. The fourth-order valence-corrected chi connectivity index (χ4v) is 4.06. The van der Waals surface area contributed by atoms with Crippen molar-refractivity contribution in [3.8, 4) is 0 Å². The fraction of sp³-hybridized carbons (Fsp3) is 0.524. The van der Waals surface area contributed by atoms with Crippen LogP contribution in [0.4, 0.5) is 5.82 Å². The van der Waals surface area contributed by atoms with E-state index in [0.29, 0.717) is 18.6 Å². The van der Waals surface area contributed by atoms with Gasteiger partial charge in [-0.15, -0.1) is 5.10 Å². The quantitative estimate of drug-likeness (QED) is 0.645. The smallest absolute Gasteiger partial charge is 0.184 e. The van der Waals surface area contributed by atoms with Crippen molar-refractivity contribution in [2.75, 3.05) is 4.90 Å². The van der Waals surface area contributed by atoms with E-state index in [1.165, 1.54) is 0 Å². The number of benzene rings is 1. The molecule has 0 spiro atoms. The van der Waals surface area contributed by atoms with Gasteiger partial charge in [0, 0.05) is 22.5 Å². The van der Waals surface area contributed by atoms with Crippen LogP contribution in [-0.2, 0) is 12.0 Å². The van der Waals surface area contributed by atoms with Crippen LogP contribution >= 0.6 is 11.6 Å². The third-order valence-electron chi connectivity index (χ3n) is 5.49. The van der Waals surface area contributed by atoms with Crippen LogP contribution in [-0.4, -0.2) is 37.0 Å². The Bertz CT molecular complexity index is 996. The van der Waals surface area contributed by atoms with E-state index in [1.807, 2.05) is 28.9 Å². The van der Waals surface area contributed by atoms with Gasteiger partial charge < -0.3 is 4.90 Å². The molecule has 2 atom stereocenters. The highest BCUT2D eigenvalue weighted by atomic mass is 35.5. The highest BCUT2D eigenvalue weighted by Crippen LogP contribution is 2.34. The lowest BCUT2D eigenvalue weighted by molar-refractivity contribution is 0.542. The highest BCUT2D eigenvalue weighted by Gasteiger charge is 2.33. The summed E-state index contributed by atoms with van der Waals surface area (Å²) >= 11 is 6.37. The minimum absolute atomic E-state index is 0.172. The van der Waals surface area contributed by atoms with Crippen molar-refractivity contribution >= 4 is 28.6 Å². The Hall–Kier alpha value is -2.21. The first kappa shape index (κ1) is 19.1. The van der Waals surface area contributed by atoms with Gasteiger partial charge in [-0.3, -0.25) is 0 Å². The Kier molecular flexibility index (Phi) is 4.78. The molecular formula is C21H27ClN6. The molecule has 1 aromatic carbocycles. The Balaban J connectivity index is 1.88. The molecule has 0 N–H and O–H groups in total. The van der Waals surface area contributed by atoms with Crippen LogP contribution in [0.5, 0.6) is 0 Å². The number of hydrogen-bond donors (Lipinski definition) is 0. The molecule has 3 aromatic rings. The molecule has 1 fully saturated rings. The van der Waals surface area contributed by atoms with Crippen LogP contribution in [0.25, 0.3) is 11.2 Å². The van der Waals surface area contributed by atoms with Crippen molar-refractivity contribution in [1.29, 1.82) is 0 Å². The lowest BCUT2D eigenvalue weighted by atomic mass is 9.95. The fourth-order valence-electron chi connectivity index (χ4n) is 3.86.